The Bertz CT molecular complexity index is 1320. The Morgan fingerprint density at radius 2 is 1.91 bits per heavy atom. The number of amides is 1. The predicted octanol–water partition coefficient (Wildman–Crippen LogP) is 6.07. The van der Waals surface area contributed by atoms with Gasteiger partial charge in [0, 0.05) is 38.7 Å². The number of thiophene rings is 1. The Labute approximate surface area is 192 Å². The van der Waals surface area contributed by atoms with E-state index < -0.39 is 0 Å². The number of carbonyl (C=O) groups is 1. The third kappa shape index (κ3) is 3.59. The van der Waals surface area contributed by atoms with Gasteiger partial charge in [-0.3, -0.25) is 9.63 Å². The molecule has 0 aliphatic carbocycles. The second-order valence-electron chi connectivity index (χ2n) is 8.27. The van der Waals surface area contributed by atoms with E-state index in [0.717, 1.165) is 51.2 Å². The maximum Gasteiger partial charge on any atom is 0.277 e. The molecule has 1 aromatic carbocycles. The number of hydrogen-bond acceptors (Lipinski definition) is 5. The first-order valence-corrected chi connectivity index (χ1v) is 11.8. The van der Waals surface area contributed by atoms with Crippen LogP contribution in [-0.2, 0) is 4.84 Å². The van der Waals surface area contributed by atoms with Gasteiger partial charge in [-0.05, 0) is 57.7 Å². The van der Waals surface area contributed by atoms with Gasteiger partial charge in [0.15, 0.2) is 5.65 Å². The highest BCUT2D eigenvalue weighted by atomic mass is 32.1. The van der Waals surface area contributed by atoms with Gasteiger partial charge in [0.2, 0.25) is 0 Å². The molecule has 0 spiro atoms. The summed E-state index contributed by atoms with van der Waals surface area (Å²) in [5.41, 5.74) is 6.96. The Morgan fingerprint density at radius 3 is 2.56 bits per heavy atom. The molecule has 7 heteroatoms. The fourth-order valence-corrected chi connectivity index (χ4v) is 5.61. The quantitative estimate of drug-likeness (QED) is 0.334. The highest BCUT2D eigenvalue weighted by molar-refractivity contribution is 7.19. The average molecular weight is 451 g/mol. The molecule has 1 amide bonds. The molecular formula is C25H30N4O2S. The van der Waals surface area contributed by atoms with E-state index in [2.05, 4.69) is 33.8 Å². The number of nitrogens with zero attached hydrogens (tertiary/aromatic N) is 4. The number of carbonyl (C=O) groups excluding carboxylic acids is 1. The van der Waals surface area contributed by atoms with E-state index in [1.165, 1.54) is 22.6 Å². The number of benzene rings is 1. The lowest BCUT2D eigenvalue weighted by molar-refractivity contribution is -0.0756. The van der Waals surface area contributed by atoms with E-state index in [9.17, 15) is 4.79 Å². The number of fused-ring (bicyclic) bond motifs is 2. The third-order valence-corrected chi connectivity index (χ3v) is 7.31. The first-order chi connectivity index (χ1) is 15.3. The van der Waals surface area contributed by atoms with Crippen molar-refractivity contribution in [1.82, 2.24) is 19.7 Å². The Kier molecular flexibility index (Phi) is 6.05. The Hall–Kier alpha value is -2.77. The predicted molar refractivity (Wildman–Crippen MR) is 130 cm³/mol. The van der Waals surface area contributed by atoms with Crippen molar-refractivity contribution in [2.45, 2.75) is 53.4 Å². The second kappa shape index (κ2) is 8.64. The van der Waals surface area contributed by atoms with Gasteiger partial charge < -0.3 is 0 Å². The maximum absolute atomic E-state index is 12.5. The van der Waals surface area contributed by atoms with Crippen LogP contribution in [0.5, 0.6) is 0 Å². The van der Waals surface area contributed by atoms with Gasteiger partial charge in [-0.15, -0.1) is 11.3 Å². The van der Waals surface area contributed by atoms with Crippen molar-refractivity contribution in [2.24, 2.45) is 0 Å². The molecule has 0 aliphatic rings. The molecular weight excluding hydrogens is 420 g/mol. The lowest BCUT2D eigenvalue weighted by atomic mass is 9.95. The van der Waals surface area contributed by atoms with Gasteiger partial charge in [0.1, 0.15) is 0 Å². The summed E-state index contributed by atoms with van der Waals surface area (Å²) in [6.07, 6.45) is 2.15. The summed E-state index contributed by atoms with van der Waals surface area (Å²) in [6, 6.07) is 8.03. The largest absolute Gasteiger partial charge is 0.277 e. The van der Waals surface area contributed by atoms with Crippen LogP contribution in [0.3, 0.4) is 0 Å². The second-order valence-corrected chi connectivity index (χ2v) is 9.52. The van der Waals surface area contributed by atoms with Crippen molar-refractivity contribution in [3.63, 3.8) is 0 Å². The first kappa shape index (κ1) is 22.4. The number of aromatic nitrogens is 3. The molecule has 168 valence electrons. The molecule has 3 aromatic heterocycles. The fraction of sp³-hybridized carbons (Fsp3) is 0.400. The van der Waals surface area contributed by atoms with Crippen molar-refractivity contribution in [2.75, 3.05) is 14.2 Å². The van der Waals surface area contributed by atoms with Gasteiger partial charge in [-0.1, -0.05) is 19.9 Å². The standard InChI is InChI=1S/C25H30N4O2S/c1-8-17(9-2)20-12-14(3)27-29-23(15(4)26-24(20)29)22-16(5)32-21-13-18(10-11-19(21)22)25(30)28(6)31-7/h10-13,17H,8-9H2,1-7H3. The van der Waals surface area contributed by atoms with Crippen LogP contribution in [0.4, 0.5) is 0 Å². The first-order valence-electron chi connectivity index (χ1n) is 11.0. The fourth-order valence-electron chi connectivity index (χ4n) is 4.51. The van der Waals surface area contributed by atoms with Gasteiger partial charge in [-0.2, -0.15) is 5.10 Å². The highest BCUT2D eigenvalue weighted by Crippen LogP contribution is 2.41. The number of hydrogen-bond donors (Lipinski definition) is 0. The molecule has 0 aliphatic heterocycles. The van der Waals surface area contributed by atoms with Crippen LogP contribution >= 0.6 is 11.3 Å². The number of hydroxylamine groups is 2. The summed E-state index contributed by atoms with van der Waals surface area (Å²) in [6.45, 7) is 10.7. The molecule has 0 saturated heterocycles. The molecule has 0 N–H and O–H groups in total. The molecule has 0 unspecified atom stereocenters. The third-order valence-electron chi connectivity index (χ3n) is 6.24. The van der Waals surface area contributed by atoms with Crippen molar-refractivity contribution in [1.29, 1.82) is 0 Å². The van der Waals surface area contributed by atoms with Crippen LogP contribution in [0, 0.1) is 20.8 Å². The van der Waals surface area contributed by atoms with E-state index in [1.807, 2.05) is 29.6 Å². The topological polar surface area (TPSA) is 59.7 Å². The van der Waals surface area contributed by atoms with Crippen molar-refractivity contribution in [3.05, 3.63) is 51.7 Å². The molecule has 0 bridgehead atoms. The van der Waals surface area contributed by atoms with Crippen molar-refractivity contribution in [3.8, 4) is 11.3 Å². The molecule has 0 fully saturated rings. The minimum atomic E-state index is -0.167. The zero-order chi connectivity index (χ0) is 23.2. The zero-order valence-electron chi connectivity index (χ0n) is 19.8. The van der Waals surface area contributed by atoms with Crippen LogP contribution in [0.15, 0.2) is 24.3 Å². The Morgan fingerprint density at radius 1 is 1.19 bits per heavy atom. The van der Waals surface area contributed by atoms with E-state index in [1.54, 1.807) is 18.4 Å². The summed E-state index contributed by atoms with van der Waals surface area (Å²) in [5.74, 6) is 0.292. The molecule has 3 heterocycles. The maximum atomic E-state index is 12.5. The summed E-state index contributed by atoms with van der Waals surface area (Å²) in [4.78, 5) is 23.8. The number of rotatable bonds is 6. The lowest BCUT2D eigenvalue weighted by Gasteiger charge is -2.15. The van der Waals surface area contributed by atoms with Crippen molar-refractivity contribution < 1.29 is 9.63 Å². The van der Waals surface area contributed by atoms with Crippen LogP contribution in [-0.4, -0.2) is 39.7 Å². The van der Waals surface area contributed by atoms with Crippen LogP contribution in [0.2, 0.25) is 0 Å². The summed E-state index contributed by atoms with van der Waals surface area (Å²) in [7, 11) is 3.10. The summed E-state index contributed by atoms with van der Waals surface area (Å²) in [5, 5.41) is 7.23. The van der Waals surface area contributed by atoms with E-state index in [0.29, 0.717) is 11.5 Å². The SMILES string of the molecule is CCC(CC)c1cc(C)nn2c(-c3c(C)sc4cc(C(=O)N(C)OC)ccc34)c(C)nc12. The summed E-state index contributed by atoms with van der Waals surface area (Å²) < 4.78 is 3.10. The number of imidazole rings is 1. The minimum Gasteiger partial charge on any atom is -0.274 e. The van der Waals surface area contributed by atoms with Crippen molar-refractivity contribution >= 4 is 33.0 Å². The molecule has 0 saturated carbocycles. The zero-order valence-corrected chi connectivity index (χ0v) is 20.6. The normalized spacial score (nSPS) is 11.8. The molecule has 6 nitrogen and oxygen atoms in total. The Balaban J connectivity index is 1.95. The van der Waals surface area contributed by atoms with E-state index in [-0.39, 0.29) is 5.91 Å². The van der Waals surface area contributed by atoms with Gasteiger partial charge >= 0.3 is 0 Å². The highest BCUT2D eigenvalue weighted by Gasteiger charge is 2.23. The minimum absolute atomic E-state index is 0.167. The molecule has 0 radical (unpaired) electrons. The van der Waals surface area contributed by atoms with Crippen LogP contribution in [0.1, 0.15) is 64.8 Å². The van der Waals surface area contributed by atoms with Gasteiger partial charge in [-0.25, -0.2) is 14.6 Å². The van der Waals surface area contributed by atoms with Gasteiger partial charge in [0.25, 0.3) is 5.91 Å². The smallest absolute Gasteiger partial charge is 0.274 e. The van der Waals surface area contributed by atoms with E-state index in [4.69, 9.17) is 14.9 Å². The molecule has 0 atom stereocenters. The summed E-state index contributed by atoms with van der Waals surface area (Å²) >= 11 is 1.69. The van der Waals surface area contributed by atoms with Crippen LogP contribution < -0.4 is 0 Å². The molecule has 4 rings (SSSR count). The van der Waals surface area contributed by atoms with Gasteiger partial charge in [0.05, 0.1) is 24.2 Å². The lowest BCUT2D eigenvalue weighted by Crippen LogP contribution is -2.25. The molecule has 32 heavy (non-hydrogen) atoms. The van der Waals surface area contributed by atoms with Crippen LogP contribution in [0.25, 0.3) is 27.0 Å². The monoisotopic (exact) mass is 450 g/mol. The molecule has 4 aromatic rings. The number of aryl methyl sites for hydroxylation is 3. The van der Waals surface area contributed by atoms with E-state index >= 15 is 0 Å². The average Bonchev–Trinajstić information content (AvgIpc) is 3.27.